The van der Waals surface area contributed by atoms with E-state index in [0.717, 1.165) is 17.5 Å². The van der Waals surface area contributed by atoms with E-state index in [-0.39, 0.29) is 18.4 Å². The fourth-order valence-electron chi connectivity index (χ4n) is 3.80. The number of methoxy groups -OCH3 is 1. The van der Waals surface area contributed by atoms with E-state index in [0.29, 0.717) is 42.5 Å². The van der Waals surface area contributed by atoms with Crippen LogP contribution in [0.5, 0.6) is 11.5 Å². The van der Waals surface area contributed by atoms with Crippen LogP contribution in [-0.4, -0.2) is 41.1 Å². The summed E-state index contributed by atoms with van der Waals surface area (Å²) >= 11 is 0. The number of hydrogen-bond donors (Lipinski definition) is 1. The van der Waals surface area contributed by atoms with Crippen LogP contribution in [0.3, 0.4) is 0 Å². The molecule has 2 heterocycles. The number of aromatic nitrogens is 1. The summed E-state index contributed by atoms with van der Waals surface area (Å²) in [4.78, 5) is 18.6. The van der Waals surface area contributed by atoms with Gasteiger partial charge < -0.3 is 19.5 Å². The van der Waals surface area contributed by atoms with Crippen molar-refractivity contribution in [2.75, 3.05) is 20.2 Å². The van der Waals surface area contributed by atoms with Gasteiger partial charge in [0, 0.05) is 25.2 Å². The predicted molar refractivity (Wildman–Crippen MR) is 122 cm³/mol. The van der Waals surface area contributed by atoms with E-state index in [1.54, 1.807) is 30.3 Å². The lowest BCUT2D eigenvalue weighted by molar-refractivity contribution is 0.0595. The maximum atomic E-state index is 12.6. The number of amides is 1. The Balaban J connectivity index is 1.37. The summed E-state index contributed by atoms with van der Waals surface area (Å²) in [5, 5.41) is 9.27. The van der Waals surface area contributed by atoms with Gasteiger partial charge >= 0.3 is 0 Å². The minimum Gasteiger partial charge on any atom is -0.493 e. The highest BCUT2D eigenvalue weighted by atomic mass is 16.5. The normalized spacial score (nSPS) is 13.5. The summed E-state index contributed by atoms with van der Waals surface area (Å²) in [6.45, 7) is 3.75. The number of carbonyl (C=O) groups excluding carboxylic acids is 1. The Morgan fingerprint density at radius 2 is 1.78 bits per heavy atom. The quantitative estimate of drug-likeness (QED) is 0.583. The third kappa shape index (κ3) is 4.75. The van der Waals surface area contributed by atoms with Gasteiger partial charge in [0.2, 0.25) is 0 Å². The molecule has 0 aliphatic carbocycles. The molecule has 0 radical (unpaired) electrons. The molecule has 4 rings (SSSR count). The maximum absolute atomic E-state index is 12.6. The van der Waals surface area contributed by atoms with Crippen LogP contribution < -0.4 is 9.47 Å². The lowest BCUT2D eigenvalue weighted by Gasteiger charge is -2.39. The molecular formula is C26H28N2O4. The molecule has 0 bridgehead atoms. The first-order valence-corrected chi connectivity index (χ1v) is 10.8. The molecule has 6 nitrogen and oxygen atoms in total. The molecule has 0 atom stereocenters. The molecule has 6 heteroatoms. The Labute approximate surface area is 188 Å². The van der Waals surface area contributed by atoms with E-state index in [2.05, 4.69) is 36.2 Å². The number of aliphatic hydroxyl groups is 1. The molecular weight excluding hydrogens is 404 g/mol. The van der Waals surface area contributed by atoms with Crippen molar-refractivity contribution in [3.8, 4) is 11.5 Å². The molecule has 0 saturated carbocycles. The Kier molecular flexibility index (Phi) is 6.71. The molecule has 0 spiro atoms. The number of aryl methyl sites for hydroxylation is 1. The van der Waals surface area contributed by atoms with Crippen LogP contribution in [-0.2, 0) is 19.6 Å². The highest BCUT2D eigenvalue weighted by Gasteiger charge is 2.33. The van der Waals surface area contributed by atoms with Gasteiger partial charge in [-0.3, -0.25) is 9.78 Å². The van der Waals surface area contributed by atoms with Crippen molar-refractivity contribution in [3.63, 3.8) is 0 Å². The number of likely N-dealkylation sites (tertiary alicyclic amines) is 1. The Morgan fingerprint density at radius 3 is 2.47 bits per heavy atom. The van der Waals surface area contributed by atoms with Crippen LogP contribution in [0.25, 0.3) is 0 Å². The zero-order valence-electron chi connectivity index (χ0n) is 18.5. The first-order valence-electron chi connectivity index (χ1n) is 10.8. The SMILES string of the molecule is CCc1ccc(COc2ccc(C3CN(C(=O)c4cc(CO)ccn4)C3)cc2OC)cc1. The molecule has 2 aromatic carbocycles. The molecule has 1 amide bonds. The highest BCUT2D eigenvalue weighted by molar-refractivity contribution is 5.93. The molecule has 1 saturated heterocycles. The summed E-state index contributed by atoms with van der Waals surface area (Å²) in [6.07, 6.45) is 2.57. The Bertz CT molecular complexity index is 1080. The van der Waals surface area contributed by atoms with Crippen LogP contribution in [0.15, 0.2) is 60.8 Å². The lowest BCUT2D eigenvalue weighted by Crippen LogP contribution is -2.48. The van der Waals surface area contributed by atoms with Crippen LogP contribution in [0.2, 0.25) is 0 Å². The smallest absolute Gasteiger partial charge is 0.272 e. The summed E-state index contributed by atoms with van der Waals surface area (Å²) in [6, 6.07) is 17.7. The average Bonchev–Trinajstić information content (AvgIpc) is 2.82. The van der Waals surface area contributed by atoms with Gasteiger partial charge in [-0.1, -0.05) is 37.3 Å². The topological polar surface area (TPSA) is 71.9 Å². The average molecular weight is 433 g/mol. The minimum absolute atomic E-state index is 0.107. The maximum Gasteiger partial charge on any atom is 0.272 e. The van der Waals surface area contributed by atoms with Crippen molar-refractivity contribution in [1.29, 1.82) is 0 Å². The third-order valence-electron chi connectivity index (χ3n) is 5.88. The molecule has 166 valence electrons. The number of carbonyl (C=O) groups is 1. The number of pyridine rings is 1. The summed E-state index contributed by atoms with van der Waals surface area (Å²) in [5.41, 5.74) is 4.58. The molecule has 3 aromatic rings. The van der Waals surface area contributed by atoms with Gasteiger partial charge in [-0.25, -0.2) is 0 Å². The number of rotatable bonds is 8. The lowest BCUT2D eigenvalue weighted by atomic mass is 9.91. The van der Waals surface area contributed by atoms with E-state index < -0.39 is 0 Å². The second-order valence-electron chi connectivity index (χ2n) is 7.98. The van der Waals surface area contributed by atoms with Crippen molar-refractivity contribution in [3.05, 3.63) is 88.7 Å². The van der Waals surface area contributed by atoms with Gasteiger partial charge in [-0.2, -0.15) is 0 Å². The van der Waals surface area contributed by atoms with E-state index in [4.69, 9.17) is 9.47 Å². The largest absolute Gasteiger partial charge is 0.493 e. The van der Waals surface area contributed by atoms with Crippen LogP contribution in [0, 0.1) is 0 Å². The summed E-state index contributed by atoms with van der Waals surface area (Å²) in [5.74, 6) is 1.52. The number of hydrogen-bond acceptors (Lipinski definition) is 5. The molecule has 1 aliphatic rings. The molecule has 1 fully saturated rings. The number of benzene rings is 2. The van der Waals surface area contributed by atoms with Crippen LogP contribution in [0.4, 0.5) is 0 Å². The fraction of sp³-hybridized carbons (Fsp3) is 0.308. The molecule has 1 N–H and O–H groups in total. The summed E-state index contributed by atoms with van der Waals surface area (Å²) in [7, 11) is 1.64. The van der Waals surface area contributed by atoms with Gasteiger partial charge in [-0.05, 0) is 52.9 Å². The second-order valence-corrected chi connectivity index (χ2v) is 7.98. The minimum atomic E-state index is -0.113. The fourth-order valence-corrected chi connectivity index (χ4v) is 3.80. The van der Waals surface area contributed by atoms with Crippen molar-refractivity contribution in [1.82, 2.24) is 9.88 Å². The second kappa shape index (κ2) is 9.83. The van der Waals surface area contributed by atoms with Crippen molar-refractivity contribution >= 4 is 5.91 Å². The monoisotopic (exact) mass is 432 g/mol. The van der Waals surface area contributed by atoms with Crippen molar-refractivity contribution in [2.24, 2.45) is 0 Å². The number of ether oxygens (including phenoxy) is 2. The molecule has 0 unspecified atom stereocenters. The third-order valence-corrected chi connectivity index (χ3v) is 5.88. The Hall–Kier alpha value is -3.38. The van der Waals surface area contributed by atoms with Gasteiger partial charge in [-0.15, -0.1) is 0 Å². The summed E-state index contributed by atoms with van der Waals surface area (Å²) < 4.78 is 11.6. The van der Waals surface area contributed by atoms with Gasteiger partial charge in [0.25, 0.3) is 5.91 Å². The molecule has 32 heavy (non-hydrogen) atoms. The van der Waals surface area contributed by atoms with Crippen molar-refractivity contribution in [2.45, 2.75) is 32.5 Å². The zero-order valence-corrected chi connectivity index (χ0v) is 18.5. The first kappa shape index (κ1) is 21.8. The Morgan fingerprint density at radius 1 is 1.03 bits per heavy atom. The van der Waals surface area contributed by atoms with Gasteiger partial charge in [0.1, 0.15) is 12.3 Å². The molecule has 1 aliphatic heterocycles. The van der Waals surface area contributed by atoms with Gasteiger partial charge in [0.05, 0.1) is 13.7 Å². The van der Waals surface area contributed by atoms with Crippen LogP contribution >= 0.6 is 0 Å². The van der Waals surface area contributed by atoms with E-state index in [1.807, 2.05) is 18.2 Å². The standard InChI is InChI=1S/C26H28N2O4/c1-3-18-4-6-19(7-5-18)17-32-24-9-8-21(13-25(24)31-2)22-14-28(15-22)26(30)23-12-20(16-29)10-11-27-23/h4-13,22,29H,3,14-17H2,1-2H3. The van der Waals surface area contributed by atoms with Crippen LogP contribution in [0.1, 0.15) is 45.6 Å². The zero-order chi connectivity index (χ0) is 22.5. The van der Waals surface area contributed by atoms with Gasteiger partial charge in [0.15, 0.2) is 11.5 Å². The highest BCUT2D eigenvalue weighted by Crippen LogP contribution is 2.35. The van der Waals surface area contributed by atoms with E-state index in [1.165, 1.54) is 5.56 Å². The number of aliphatic hydroxyl groups excluding tert-OH is 1. The van der Waals surface area contributed by atoms with Crippen molar-refractivity contribution < 1.29 is 19.4 Å². The first-order chi connectivity index (χ1) is 15.6. The van der Waals surface area contributed by atoms with E-state index in [9.17, 15) is 9.90 Å². The van der Waals surface area contributed by atoms with E-state index >= 15 is 0 Å². The predicted octanol–water partition coefficient (Wildman–Crippen LogP) is 3.96. The number of nitrogens with zero attached hydrogens (tertiary/aromatic N) is 2. The molecule has 1 aromatic heterocycles.